The molecule has 2 N–H and O–H groups in total. The van der Waals surface area contributed by atoms with Gasteiger partial charge in [0.1, 0.15) is 0 Å². The number of rotatable bonds is 4. The molecule has 1 heterocycles. The van der Waals surface area contributed by atoms with Gasteiger partial charge in [-0.05, 0) is 19.2 Å². The number of nitrogens with zero attached hydrogens (tertiary/aromatic N) is 1. The molecule has 0 saturated carbocycles. The summed E-state index contributed by atoms with van der Waals surface area (Å²) in [6, 6.07) is 7.55. The molecule has 0 aliphatic carbocycles. The van der Waals surface area contributed by atoms with E-state index in [9.17, 15) is 9.90 Å². The van der Waals surface area contributed by atoms with E-state index in [2.05, 4.69) is 23.7 Å². The van der Waals surface area contributed by atoms with Crippen molar-refractivity contribution in [1.82, 2.24) is 9.88 Å². The first-order chi connectivity index (χ1) is 8.67. The first-order valence-electron chi connectivity index (χ1n) is 6.22. The summed E-state index contributed by atoms with van der Waals surface area (Å²) in [5.74, 6) is -0.166. The lowest BCUT2D eigenvalue weighted by Gasteiger charge is -2.19. The Kier molecular flexibility index (Phi) is 3.67. The zero-order valence-corrected chi connectivity index (χ0v) is 10.7. The number of benzene rings is 1. The summed E-state index contributed by atoms with van der Waals surface area (Å²) in [6.07, 6.45) is 0. The van der Waals surface area contributed by atoms with Crippen molar-refractivity contribution in [3.63, 3.8) is 0 Å². The number of hydrogen-bond donors (Lipinski definition) is 2. The number of hydrogen-bond acceptors (Lipinski definition) is 3. The standard InChI is InChI=1S/C14H18N2O2/c1-3-16(4-2)9-11-10-7-5-6-8-12(10)15-14(18)13(11)17/h5-8,17H,3-4,9H2,1-2H3,(H,15,18). The summed E-state index contributed by atoms with van der Waals surface area (Å²) in [5.41, 5.74) is 1.05. The number of aromatic amines is 1. The predicted octanol–water partition coefficient (Wildman–Crippen LogP) is 2.08. The summed E-state index contributed by atoms with van der Waals surface area (Å²) in [4.78, 5) is 16.5. The van der Waals surface area contributed by atoms with E-state index in [0.717, 1.165) is 24.0 Å². The summed E-state index contributed by atoms with van der Waals surface area (Å²) >= 11 is 0. The van der Waals surface area contributed by atoms with Crippen LogP contribution in [-0.2, 0) is 6.54 Å². The van der Waals surface area contributed by atoms with Crippen LogP contribution in [0.3, 0.4) is 0 Å². The van der Waals surface area contributed by atoms with Gasteiger partial charge in [0, 0.05) is 23.0 Å². The fraction of sp³-hybridized carbons (Fsp3) is 0.357. The molecule has 1 aromatic heterocycles. The van der Waals surface area contributed by atoms with Crippen molar-refractivity contribution in [2.45, 2.75) is 20.4 Å². The predicted molar refractivity (Wildman–Crippen MR) is 72.9 cm³/mol. The molecule has 4 heteroatoms. The summed E-state index contributed by atoms with van der Waals surface area (Å²) in [5, 5.41) is 10.9. The van der Waals surface area contributed by atoms with Gasteiger partial charge >= 0.3 is 0 Å². The quantitative estimate of drug-likeness (QED) is 0.868. The van der Waals surface area contributed by atoms with Crippen molar-refractivity contribution in [3.8, 4) is 5.75 Å². The summed E-state index contributed by atoms with van der Waals surface area (Å²) in [6.45, 7) is 6.49. The van der Waals surface area contributed by atoms with Gasteiger partial charge in [-0.1, -0.05) is 32.0 Å². The maximum Gasteiger partial charge on any atom is 0.290 e. The minimum atomic E-state index is -0.421. The van der Waals surface area contributed by atoms with Crippen LogP contribution in [0.4, 0.5) is 0 Å². The molecule has 0 radical (unpaired) electrons. The first-order valence-corrected chi connectivity index (χ1v) is 6.22. The number of nitrogens with one attached hydrogen (secondary N) is 1. The van der Waals surface area contributed by atoms with Crippen LogP contribution in [0.5, 0.6) is 5.75 Å². The Morgan fingerprint density at radius 2 is 1.89 bits per heavy atom. The largest absolute Gasteiger partial charge is 0.503 e. The second kappa shape index (κ2) is 5.23. The van der Waals surface area contributed by atoms with Gasteiger partial charge in [0.25, 0.3) is 5.56 Å². The molecular formula is C14H18N2O2. The zero-order valence-electron chi connectivity index (χ0n) is 10.7. The van der Waals surface area contributed by atoms with Crippen molar-refractivity contribution in [3.05, 3.63) is 40.2 Å². The molecule has 0 spiro atoms. The number of H-pyrrole nitrogens is 1. The molecule has 0 atom stereocenters. The summed E-state index contributed by atoms with van der Waals surface area (Å²) in [7, 11) is 0. The monoisotopic (exact) mass is 246 g/mol. The van der Waals surface area contributed by atoms with Crippen molar-refractivity contribution >= 4 is 10.9 Å². The number of para-hydroxylation sites is 1. The molecule has 0 fully saturated rings. The Balaban J connectivity index is 2.60. The van der Waals surface area contributed by atoms with E-state index in [4.69, 9.17) is 0 Å². The molecule has 0 aliphatic rings. The molecule has 0 unspecified atom stereocenters. The van der Waals surface area contributed by atoms with E-state index < -0.39 is 5.56 Å². The van der Waals surface area contributed by atoms with Gasteiger partial charge < -0.3 is 10.1 Å². The average molecular weight is 246 g/mol. The molecular weight excluding hydrogens is 228 g/mol. The molecule has 0 aliphatic heterocycles. The lowest BCUT2D eigenvalue weighted by Crippen LogP contribution is -2.23. The first kappa shape index (κ1) is 12.6. The van der Waals surface area contributed by atoms with Crippen LogP contribution in [0.1, 0.15) is 19.4 Å². The molecule has 4 nitrogen and oxygen atoms in total. The molecule has 0 amide bonds. The molecule has 2 rings (SSSR count). The fourth-order valence-electron chi connectivity index (χ4n) is 2.13. The van der Waals surface area contributed by atoms with E-state index in [1.54, 1.807) is 0 Å². The number of fused-ring (bicyclic) bond motifs is 1. The van der Waals surface area contributed by atoms with Gasteiger partial charge in [-0.15, -0.1) is 0 Å². The van der Waals surface area contributed by atoms with E-state index in [-0.39, 0.29) is 5.75 Å². The van der Waals surface area contributed by atoms with Crippen LogP contribution in [0.2, 0.25) is 0 Å². The van der Waals surface area contributed by atoms with Crippen LogP contribution < -0.4 is 5.56 Å². The molecule has 96 valence electrons. The van der Waals surface area contributed by atoms with Gasteiger partial charge in [-0.2, -0.15) is 0 Å². The Morgan fingerprint density at radius 1 is 1.22 bits per heavy atom. The molecule has 0 bridgehead atoms. The Labute approximate surface area is 106 Å². The van der Waals surface area contributed by atoms with Gasteiger partial charge in [0.15, 0.2) is 5.75 Å². The van der Waals surface area contributed by atoms with Gasteiger partial charge in [-0.3, -0.25) is 9.69 Å². The van der Waals surface area contributed by atoms with Crippen LogP contribution in [-0.4, -0.2) is 28.1 Å². The summed E-state index contributed by atoms with van der Waals surface area (Å²) < 4.78 is 0. The fourth-order valence-corrected chi connectivity index (χ4v) is 2.13. The Hall–Kier alpha value is -1.81. The molecule has 18 heavy (non-hydrogen) atoms. The van der Waals surface area contributed by atoms with Crippen LogP contribution in [0.25, 0.3) is 10.9 Å². The highest BCUT2D eigenvalue weighted by Gasteiger charge is 2.13. The van der Waals surface area contributed by atoms with E-state index in [1.807, 2.05) is 24.3 Å². The molecule has 0 saturated heterocycles. The third-order valence-electron chi connectivity index (χ3n) is 3.28. The van der Waals surface area contributed by atoms with Crippen LogP contribution >= 0.6 is 0 Å². The van der Waals surface area contributed by atoms with Gasteiger partial charge in [-0.25, -0.2) is 0 Å². The highest BCUT2D eigenvalue weighted by atomic mass is 16.3. The minimum Gasteiger partial charge on any atom is -0.503 e. The number of pyridine rings is 1. The second-order valence-electron chi connectivity index (χ2n) is 4.29. The van der Waals surface area contributed by atoms with E-state index >= 15 is 0 Å². The molecule has 1 aromatic carbocycles. The van der Waals surface area contributed by atoms with Crippen molar-refractivity contribution < 1.29 is 5.11 Å². The number of aromatic hydroxyl groups is 1. The van der Waals surface area contributed by atoms with Crippen LogP contribution in [0.15, 0.2) is 29.1 Å². The molecule has 2 aromatic rings. The van der Waals surface area contributed by atoms with E-state index in [1.165, 1.54) is 0 Å². The van der Waals surface area contributed by atoms with Crippen LogP contribution in [0, 0.1) is 0 Å². The lowest BCUT2D eigenvalue weighted by molar-refractivity contribution is 0.291. The maximum absolute atomic E-state index is 11.7. The van der Waals surface area contributed by atoms with Crippen molar-refractivity contribution in [2.24, 2.45) is 0 Å². The highest BCUT2D eigenvalue weighted by Crippen LogP contribution is 2.23. The van der Waals surface area contributed by atoms with E-state index in [0.29, 0.717) is 12.1 Å². The minimum absolute atomic E-state index is 0.166. The number of aromatic nitrogens is 1. The zero-order chi connectivity index (χ0) is 13.1. The topological polar surface area (TPSA) is 56.3 Å². The highest BCUT2D eigenvalue weighted by molar-refractivity contribution is 5.83. The third-order valence-corrected chi connectivity index (χ3v) is 3.28. The normalized spacial score (nSPS) is 11.3. The lowest BCUT2D eigenvalue weighted by atomic mass is 10.1. The second-order valence-corrected chi connectivity index (χ2v) is 4.29. The Bertz CT molecular complexity index is 600. The smallest absolute Gasteiger partial charge is 0.290 e. The SMILES string of the molecule is CCN(CC)Cc1c(O)c(=O)[nH]c2ccccc12. The maximum atomic E-state index is 11.7. The van der Waals surface area contributed by atoms with Crippen molar-refractivity contribution in [2.75, 3.05) is 13.1 Å². The van der Waals surface area contributed by atoms with Crippen molar-refractivity contribution in [1.29, 1.82) is 0 Å². The van der Waals surface area contributed by atoms with Gasteiger partial charge in [0.05, 0.1) is 0 Å². The average Bonchev–Trinajstić information content (AvgIpc) is 2.40. The third kappa shape index (κ3) is 2.24. The van der Waals surface area contributed by atoms with Gasteiger partial charge in [0.2, 0.25) is 0 Å². The Morgan fingerprint density at radius 3 is 2.56 bits per heavy atom.